The van der Waals surface area contributed by atoms with E-state index in [1.807, 2.05) is 93.7 Å². The third-order valence-corrected chi connectivity index (χ3v) is 16.6. The van der Waals surface area contributed by atoms with Crippen LogP contribution in [0.3, 0.4) is 0 Å². The molecule has 0 saturated carbocycles. The second-order valence-corrected chi connectivity index (χ2v) is 23.2. The molecule has 0 spiro atoms. The summed E-state index contributed by atoms with van der Waals surface area (Å²) in [4.78, 5) is 129. The molecular formula is C66H69ClN10O11. The normalized spacial score (nSPS) is 15.6. The maximum absolute atomic E-state index is 14.5. The van der Waals surface area contributed by atoms with Crippen LogP contribution in [-0.4, -0.2) is 145 Å². The number of rotatable bonds is 22. The van der Waals surface area contributed by atoms with Crippen molar-refractivity contribution in [2.45, 2.75) is 70.0 Å². The fourth-order valence-corrected chi connectivity index (χ4v) is 11.8. The van der Waals surface area contributed by atoms with Crippen molar-refractivity contribution >= 4 is 104 Å². The molecule has 3 aliphatic rings. The van der Waals surface area contributed by atoms with E-state index in [1.165, 1.54) is 31.2 Å². The summed E-state index contributed by atoms with van der Waals surface area (Å²) in [5, 5.41) is 15.8. The zero-order valence-electron chi connectivity index (χ0n) is 49.2. The molecular weight excluding hydrogens is 1140 g/mol. The predicted molar refractivity (Wildman–Crippen MR) is 335 cm³/mol. The zero-order chi connectivity index (χ0) is 62.3. The smallest absolute Gasteiger partial charge is 0.415 e. The Labute approximate surface area is 513 Å². The van der Waals surface area contributed by atoms with Crippen LogP contribution in [0.25, 0.3) is 32.8 Å². The number of carbonyl (C=O) groups excluding carboxylic acids is 9. The molecule has 6 aromatic carbocycles. The summed E-state index contributed by atoms with van der Waals surface area (Å²) in [5.41, 5.74) is 13.1. The third-order valence-electron chi connectivity index (χ3n) is 16.2. The Hall–Kier alpha value is -9.44. The maximum Gasteiger partial charge on any atom is 0.415 e. The van der Waals surface area contributed by atoms with Crippen LogP contribution >= 0.6 is 11.6 Å². The van der Waals surface area contributed by atoms with Crippen molar-refractivity contribution in [1.82, 2.24) is 30.7 Å². The van der Waals surface area contributed by atoms with E-state index >= 15 is 0 Å². The number of carbonyl (C=O) groups is 9. The lowest BCUT2D eigenvalue weighted by Gasteiger charge is -2.31. The Balaban J connectivity index is 0.714. The van der Waals surface area contributed by atoms with Gasteiger partial charge < -0.3 is 61.5 Å². The van der Waals surface area contributed by atoms with Crippen LogP contribution in [0.2, 0.25) is 0 Å². The van der Waals surface area contributed by atoms with Crippen molar-refractivity contribution in [3.05, 3.63) is 155 Å². The van der Waals surface area contributed by atoms with E-state index in [1.54, 1.807) is 40.1 Å². The highest BCUT2D eigenvalue weighted by Gasteiger charge is 2.37. The summed E-state index contributed by atoms with van der Waals surface area (Å²) >= 11 is 6.57. The minimum atomic E-state index is -1.42. The molecule has 8 N–H and O–H groups in total. The zero-order valence-corrected chi connectivity index (χ0v) is 49.9. The summed E-state index contributed by atoms with van der Waals surface area (Å²) in [5.74, 6) is -4.26. The number of nitrogens with two attached hydrogens (primary N) is 1. The summed E-state index contributed by atoms with van der Waals surface area (Å²) in [6.07, 6.45) is -1.44. The van der Waals surface area contributed by atoms with E-state index in [0.29, 0.717) is 53.4 Å². The number of Topliss-reactive ketones (excluding diaryl/α,β-unsaturated/α-hetero) is 2. The number of ether oxygens (including phenoxy) is 2. The van der Waals surface area contributed by atoms with Crippen molar-refractivity contribution < 1.29 is 52.6 Å². The average Bonchev–Trinajstić information content (AvgIpc) is 2.08. The van der Waals surface area contributed by atoms with E-state index in [0.717, 1.165) is 51.7 Å². The summed E-state index contributed by atoms with van der Waals surface area (Å²) < 4.78 is 11.6. The number of hydrogen-bond donors (Lipinski definition) is 7. The number of nitrogens with one attached hydrogen (secondary N) is 6. The number of aromatic amines is 1. The number of benzene rings is 6. The number of halogens is 1. The first-order valence-electron chi connectivity index (χ1n) is 29.2. The highest BCUT2D eigenvalue weighted by molar-refractivity contribution is 6.19. The molecule has 88 heavy (non-hydrogen) atoms. The molecule has 1 aliphatic carbocycles. The Bertz CT molecular complexity index is 3820. The van der Waals surface area contributed by atoms with Gasteiger partial charge in [0.1, 0.15) is 30.5 Å². The number of alkyl halides is 1. The van der Waals surface area contributed by atoms with Gasteiger partial charge in [-0.1, -0.05) is 86.6 Å². The lowest BCUT2D eigenvalue weighted by molar-refractivity contribution is -0.146. The van der Waals surface area contributed by atoms with Gasteiger partial charge in [-0.2, -0.15) is 0 Å². The van der Waals surface area contributed by atoms with Gasteiger partial charge in [-0.15, -0.1) is 11.6 Å². The number of nitrogens with zero attached hydrogens (tertiary/aromatic N) is 3. The van der Waals surface area contributed by atoms with Gasteiger partial charge in [-0.3, -0.25) is 33.6 Å². The van der Waals surface area contributed by atoms with Crippen LogP contribution in [0.1, 0.15) is 89.4 Å². The second kappa shape index (κ2) is 27.1. The van der Waals surface area contributed by atoms with Gasteiger partial charge in [0.2, 0.25) is 11.8 Å². The van der Waals surface area contributed by atoms with Crippen molar-refractivity contribution in [3.63, 3.8) is 0 Å². The topological polar surface area (TPSA) is 284 Å². The Morgan fingerprint density at radius 1 is 0.727 bits per heavy atom. The quantitative estimate of drug-likeness (QED) is 0.0192. The number of hydrogen-bond acceptors (Lipinski definition) is 13. The number of amides is 7. The molecule has 7 amide bonds. The predicted octanol–water partition coefficient (Wildman–Crippen LogP) is 8.06. The lowest BCUT2D eigenvalue weighted by Crippen LogP contribution is -2.55. The third kappa shape index (κ3) is 14.0. The van der Waals surface area contributed by atoms with Gasteiger partial charge in [0.25, 0.3) is 11.8 Å². The minimum Gasteiger partial charge on any atom is -0.464 e. The van der Waals surface area contributed by atoms with E-state index in [4.69, 9.17) is 26.8 Å². The Kier molecular flexibility index (Phi) is 19.0. The first-order valence-corrected chi connectivity index (χ1v) is 29.8. The Morgan fingerprint density at radius 3 is 2.06 bits per heavy atom. The number of ketones is 2. The highest BCUT2D eigenvalue weighted by atomic mass is 35.5. The first-order chi connectivity index (χ1) is 42.3. The standard InChI is InChI=1S/C66H69ClN10O11/c1-37(2)27-53(63(83)73-52(30-59(68)80)57(79)34-69-38(3)56(78)32-60(81)87-36-50-46-13-7-5-11-44(46)45-12-6-8-14-47(45)50)74-65(85)71-42-19-17-39(18-20-42)62(82)70-43-21-22-51-40(28-43)29-54(72-51)64(84)77-35-41(33-67)61-49-16-10-9-15-48(49)58(31-55(61)77)88-66(86)76-25-23-75(4)24-26-76/h5-22,28-29,31,37-38,41,50,52-53,69,72H,23-27,30,32-36H2,1-4H3,(H2,68,80)(H,70,82)(H,73,83)(H2,71,74,85)/t38-,41+,52-,53-/m0/s1. The number of primary amides is 1. The number of anilines is 3. The van der Waals surface area contributed by atoms with Crippen LogP contribution in [0.4, 0.5) is 26.7 Å². The number of likely N-dealkylation sites (N-methyl/N-ethyl adjacent to an activating group) is 1. The highest BCUT2D eigenvalue weighted by Crippen LogP contribution is 2.47. The van der Waals surface area contributed by atoms with Crippen molar-refractivity contribution in [2.24, 2.45) is 11.7 Å². The number of fused-ring (bicyclic) bond motifs is 7. The molecule has 0 bridgehead atoms. The maximum atomic E-state index is 14.5. The van der Waals surface area contributed by atoms with Crippen LogP contribution in [0.15, 0.2) is 127 Å². The van der Waals surface area contributed by atoms with Crippen LogP contribution < -0.4 is 42.0 Å². The monoisotopic (exact) mass is 1210 g/mol. The van der Waals surface area contributed by atoms with E-state index < -0.39 is 84.9 Å². The molecule has 1 fully saturated rings. The van der Waals surface area contributed by atoms with Gasteiger partial charge in [0, 0.05) is 89.7 Å². The number of piperazine rings is 1. The molecule has 0 unspecified atom stereocenters. The van der Waals surface area contributed by atoms with Crippen LogP contribution in [-0.2, 0) is 28.7 Å². The molecule has 2 aliphatic heterocycles. The average molecular weight is 1210 g/mol. The van der Waals surface area contributed by atoms with Gasteiger partial charge in [-0.05, 0) is 108 Å². The summed E-state index contributed by atoms with van der Waals surface area (Å²) in [6.45, 7) is 7.55. The van der Waals surface area contributed by atoms with Gasteiger partial charge >= 0.3 is 18.1 Å². The molecule has 22 heteroatoms. The lowest BCUT2D eigenvalue weighted by atomic mass is 9.95. The van der Waals surface area contributed by atoms with Gasteiger partial charge in [0.15, 0.2) is 11.6 Å². The van der Waals surface area contributed by atoms with E-state index in [9.17, 15) is 43.2 Å². The fraction of sp³-hybridized carbons (Fsp3) is 0.318. The second-order valence-electron chi connectivity index (χ2n) is 22.9. The van der Waals surface area contributed by atoms with Crippen LogP contribution in [0, 0.1) is 5.92 Å². The van der Waals surface area contributed by atoms with Crippen LogP contribution in [0.5, 0.6) is 5.75 Å². The van der Waals surface area contributed by atoms with Crippen molar-refractivity contribution in [3.8, 4) is 16.9 Å². The minimum absolute atomic E-state index is 0.0400. The first kappa shape index (κ1) is 61.6. The molecule has 7 aromatic rings. The summed E-state index contributed by atoms with van der Waals surface area (Å²) in [6, 6.07) is 33.7. The van der Waals surface area contributed by atoms with Crippen molar-refractivity contribution in [1.29, 1.82) is 0 Å². The Morgan fingerprint density at radius 2 is 1.39 bits per heavy atom. The molecule has 4 atom stereocenters. The molecule has 456 valence electrons. The number of aromatic nitrogens is 1. The van der Waals surface area contributed by atoms with Gasteiger partial charge in [0.05, 0.1) is 30.7 Å². The number of esters is 1. The van der Waals surface area contributed by atoms with E-state index in [-0.39, 0.29) is 53.8 Å². The molecule has 0 radical (unpaired) electrons. The van der Waals surface area contributed by atoms with Gasteiger partial charge in [-0.25, -0.2) is 9.59 Å². The molecule has 21 nitrogen and oxygen atoms in total. The van der Waals surface area contributed by atoms with Crippen molar-refractivity contribution in [2.75, 3.05) is 74.3 Å². The molecule has 1 aromatic heterocycles. The summed E-state index contributed by atoms with van der Waals surface area (Å²) in [7, 11) is 2.01. The SMILES string of the molecule is CC(C)C[C@H](NC(=O)Nc1ccc(C(=O)Nc2ccc3[nH]c(C(=O)N4C[C@@H](CCl)c5c4cc(OC(=O)N4CCN(C)CC4)c4ccccc54)cc3c2)cc1)C(=O)N[C@@H](CC(N)=O)C(=O)CN[C@@H](C)C(=O)CC(=O)OCC1c2ccccc2-c2ccccc21. The number of H-pyrrole nitrogens is 1. The number of urea groups is 1. The largest absolute Gasteiger partial charge is 0.464 e. The molecule has 1 saturated heterocycles. The molecule has 3 heterocycles. The fourth-order valence-electron chi connectivity index (χ4n) is 11.5. The van der Waals surface area contributed by atoms with E-state index in [2.05, 4.69) is 36.5 Å². The molecule has 10 rings (SSSR count).